The van der Waals surface area contributed by atoms with Crippen LogP contribution >= 0.6 is 0 Å². The summed E-state index contributed by atoms with van der Waals surface area (Å²) < 4.78 is 13.8. The molecule has 0 fully saturated rings. The molecular formula is C28H26N2O3. The predicted octanol–water partition coefficient (Wildman–Crippen LogP) is 6.71. The zero-order valence-corrected chi connectivity index (χ0v) is 19.2. The second-order valence-corrected chi connectivity index (χ2v) is 8.30. The van der Waals surface area contributed by atoms with Gasteiger partial charge in [-0.1, -0.05) is 42.0 Å². The lowest BCUT2D eigenvalue weighted by Crippen LogP contribution is -2.17. The van der Waals surface area contributed by atoms with Crippen molar-refractivity contribution in [1.29, 1.82) is 0 Å². The molecule has 33 heavy (non-hydrogen) atoms. The van der Waals surface area contributed by atoms with Crippen molar-refractivity contribution < 1.29 is 9.15 Å². The molecule has 0 saturated carbocycles. The van der Waals surface area contributed by atoms with Crippen molar-refractivity contribution in [2.75, 3.05) is 11.9 Å². The molecule has 0 saturated heterocycles. The summed E-state index contributed by atoms with van der Waals surface area (Å²) in [6, 6.07) is 21.8. The Hall–Kier alpha value is -3.99. The Morgan fingerprint density at radius 1 is 1.00 bits per heavy atom. The summed E-state index contributed by atoms with van der Waals surface area (Å²) in [4.78, 5) is 13.6. The molecule has 0 radical (unpaired) electrons. The fourth-order valence-corrected chi connectivity index (χ4v) is 4.41. The number of para-hydroxylation sites is 1. The van der Waals surface area contributed by atoms with E-state index < -0.39 is 0 Å². The molecule has 3 aromatic carbocycles. The molecule has 0 aliphatic rings. The number of nitrogens with zero attached hydrogens (tertiary/aromatic N) is 1. The third kappa shape index (κ3) is 3.55. The zero-order valence-electron chi connectivity index (χ0n) is 19.2. The van der Waals surface area contributed by atoms with Crippen LogP contribution in [0.4, 0.5) is 11.6 Å². The first-order valence-corrected chi connectivity index (χ1v) is 11.1. The number of rotatable bonds is 5. The van der Waals surface area contributed by atoms with Gasteiger partial charge in [-0.3, -0.25) is 4.79 Å². The molecule has 0 amide bonds. The summed E-state index contributed by atoms with van der Waals surface area (Å²) in [7, 11) is 1.80. The lowest BCUT2D eigenvalue weighted by molar-refractivity contribution is 0.340. The van der Waals surface area contributed by atoms with E-state index in [4.69, 9.17) is 9.15 Å². The number of aryl methyl sites for hydroxylation is 3. The van der Waals surface area contributed by atoms with E-state index >= 15 is 0 Å². The largest absolute Gasteiger partial charge is 0.494 e. The molecule has 5 aromatic rings. The Labute approximate surface area is 192 Å². The maximum Gasteiger partial charge on any atom is 0.262 e. The first-order valence-electron chi connectivity index (χ1n) is 11.1. The monoisotopic (exact) mass is 438 g/mol. The van der Waals surface area contributed by atoms with Crippen molar-refractivity contribution in [2.24, 2.45) is 7.05 Å². The van der Waals surface area contributed by atoms with Crippen LogP contribution in [0.5, 0.6) is 5.75 Å². The van der Waals surface area contributed by atoms with Gasteiger partial charge in [0.1, 0.15) is 5.75 Å². The van der Waals surface area contributed by atoms with Crippen LogP contribution in [0.2, 0.25) is 0 Å². The van der Waals surface area contributed by atoms with E-state index in [0.717, 1.165) is 39.0 Å². The van der Waals surface area contributed by atoms with Crippen LogP contribution in [-0.4, -0.2) is 11.2 Å². The van der Waals surface area contributed by atoms with Crippen molar-refractivity contribution in [3.05, 3.63) is 88.2 Å². The summed E-state index contributed by atoms with van der Waals surface area (Å²) in [5, 5.41) is 4.91. The van der Waals surface area contributed by atoms with Gasteiger partial charge in [-0.25, -0.2) is 0 Å². The fraction of sp³-hybridized carbons (Fsp3) is 0.179. The van der Waals surface area contributed by atoms with Gasteiger partial charge in [0.2, 0.25) is 5.88 Å². The molecule has 0 bridgehead atoms. The van der Waals surface area contributed by atoms with E-state index in [0.29, 0.717) is 23.5 Å². The molecule has 166 valence electrons. The molecule has 2 aromatic heterocycles. The van der Waals surface area contributed by atoms with E-state index in [1.54, 1.807) is 11.6 Å². The first-order chi connectivity index (χ1) is 16.0. The van der Waals surface area contributed by atoms with Gasteiger partial charge in [0.15, 0.2) is 5.58 Å². The van der Waals surface area contributed by atoms with Crippen LogP contribution in [0.3, 0.4) is 0 Å². The number of pyridine rings is 1. The molecule has 5 heteroatoms. The molecule has 5 rings (SSSR count). The molecule has 0 unspecified atom stereocenters. The van der Waals surface area contributed by atoms with Crippen molar-refractivity contribution in [1.82, 2.24) is 4.57 Å². The normalized spacial score (nSPS) is 11.3. The summed E-state index contributed by atoms with van der Waals surface area (Å²) in [6.07, 6.45) is 0. The standard InChI is InChI=1S/C28H26N2O3/c1-5-32-20-10-8-9-19(16-20)24-25-26(21-11-6-7-12-23(21)30(4)28(25)31)33-27(24)29-22-14-13-17(2)15-18(22)3/h6-16,29H,5H2,1-4H3. The molecule has 5 nitrogen and oxygen atoms in total. The Morgan fingerprint density at radius 3 is 2.61 bits per heavy atom. The van der Waals surface area contributed by atoms with E-state index in [-0.39, 0.29) is 5.56 Å². The van der Waals surface area contributed by atoms with Crippen molar-refractivity contribution in [2.45, 2.75) is 20.8 Å². The lowest BCUT2D eigenvalue weighted by Gasteiger charge is -2.11. The maximum atomic E-state index is 13.6. The first kappa shape index (κ1) is 20.9. The number of ether oxygens (including phenoxy) is 1. The minimum Gasteiger partial charge on any atom is -0.494 e. The van der Waals surface area contributed by atoms with Crippen LogP contribution in [0.15, 0.2) is 75.9 Å². The summed E-state index contributed by atoms with van der Waals surface area (Å²) in [6.45, 7) is 6.64. The molecule has 0 spiro atoms. The second-order valence-electron chi connectivity index (χ2n) is 8.30. The summed E-state index contributed by atoms with van der Waals surface area (Å²) in [5.74, 6) is 1.29. The van der Waals surface area contributed by atoms with E-state index in [9.17, 15) is 4.79 Å². The minimum atomic E-state index is -0.0991. The fourth-order valence-electron chi connectivity index (χ4n) is 4.41. The topological polar surface area (TPSA) is 56.4 Å². The second kappa shape index (κ2) is 8.17. The van der Waals surface area contributed by atoms with Crippen LogP contribution in [0.1, 0.15) is 18.1 Å². The lowest BCUT2D eigenvalue weighted by atomic mass is 10.0. The third-order valence-electron chi connectivity index (χ3n) is 6.00. The van der Waals surface area contributed by atoms with E-state index in [2.05, 4.69) is 31.3 Å². The maximum absolute atomic E-state index is 13.6. The van der Waals surface area contributed by atoms with Crippen LogP contribution < -0.4 is 15.6 Å². The number of fused-ring (bicyclic) bond motifs is 3. The average Bonchev–Trinajstić information content (AvgIpc) is 3.19. The Bertz CT molecular complexity index is 1560. The third-order valence-corrected chi connectivity index (χ3v) is 6.00. The van der Waals surface area contributed by atoms with Crippen LogP contribution in [0, 0.1) is 13.8 Å². The molecule has 0 aliphatic carbocycles. The van der Waals surface area contributed by atoms with E-state index in [1.807, 2.05) is 61.5 Å². The summed E-state index contributed by atoms with van der Waals surface area (Å²) in [5.41, 5.74) is 6.13. The number of hydrogen-bond acceptors (Lipinski definition) is 4. The highest BCUT2D eigenvalue weighted by atomic mass is 16.5. The zero-order chi connectivity index (χ0) is 23.1. The van der Waals surface area contributed by atoms with Gasteiger partial charge in [0.05, 0.1) is 23.1 Å². The highest BCUT2D eigenvalue weighted by Gasteiger charge is 2.23. The average molecular weight is 439 g/mol. The molecule has 0 atom stereocenters. The number of nitrogens with one attached hydrogen (secondary N) is 1. The minimum absolute atomic E-state index is 0.0991. The SMILES string of the molecule is CCOc1cccc(-c2c(Nc3ccc(C)cc3C)oc3c2c(=O)n(C)c2ccccc32)c1. The number of hydrogen-bond donors (Lipinski definition) is 1. The molecule has 1 N–H and O–H groups in total. The van der Waals surface area contributed by atoms with Gasteiger partial charge < -0.3 is 19.0 Å². The van der Waals surface area contributed by atoms with Gasteiger partial charge in [0, 0.05) is 18.1 Å². The smallest absolute Gasteiger partial charge is 0.262 e. The molecular weight excluding hydrogens is 412 g/mol. The highest BCUT2D eigenvalue weighted by molar-refractivity contribution is 6.11. The van der Waals surface area contributed by atoms with Crippen molar-refractivity contribution in [3.8, 4) is 16.9 Å². The Kier molecular flexibility index (Phi) is 5.17. The van der Waals surface area contributed by atoms with Gasteiger partial charge in [0.25, 0.3) is 5.56 Å². The number of aromatic nitrogens is 1. The highest BCUT2D eigenvalue weighted by Crippen LogP contribution is 2.42. The van der Waals surface area contributed by atoms with Crippen molar-refractivity contribution in [3.63, 3.8) is 0 Å². The number of benzene rings is 3. The predicted molar refractivity (Wildman–Crippen MR) is 135 cm³/mol. The van der Waals surface area contributed by atoms with Gasteiger partial charge >= 0.3 is 0 Å². The van der Waals surface area contributed by atoms with Crippen LogP contribution in [0.25, 0.3) is 33.0 Å². The summed E-state index contributed by atoms with van der Waals surface area (Å²) >= 11 is 0. The molecule has 0 aliphatic heterocycles. The quantitative estimate of drug-likeness (QED) is 0.331. The van der Waals surface area contributed by atoms with Gasteiger partial charge in [-0.05, 0) is 62.2 Å². The van der Waals surface area contributed by atoms with E-state index in [1.165, 1.54) is 5.56 Å². The van der Waals surface area contributed by atoms with Gasteiger partial charge in [-0.15, -0.1) is 0 Å². The Morgan fingerprint density at radius 2 is 1.82 bits per heavy atom. The number of furan rings is 1. The molecule has 2 heterocycles. The van der Waals surface area contributed by atoms with Crippen LogP contribution in [-0.2, 0) is 7.05 Å². The van der Waals surface area contributed by atoms with Gasteiger partial charge in [-0.2, -0.15) is 0 Å². The van der Waals surface area contributed by atoms with Crippen molar-refractivity contribution >= 4 is 33.4 Å². The Balaban J connectivity index is 1.84. The number of anilines is 2.